The minimum Gasteiger partial charge on any atom is -0.319 e. The summed E-state index contributed by atoms with van der Waals surface area (Å²) in [4.78, 5) is 2.05. The first-order valence-electron chi connectivity index (χ1n) is 6.04. The van der Waals surface area contributed by atoms with E-state index < -0.39 is 17.5 Å². The maximum atomic E-state index is 13.3. The van der Waals surface area contributed by atoms with Crippen molar-refractivity contribution in [2.24, 2.45) is 5.92 Å². The zero-order chi connectivity index (χ0) is 13.3. The van der Waals surface area contributed by atoms with Gasteiger partial charge in [0, 0.05) is 6.04 Å². The molecule has 0 bridgehead atoms. The third-order valence-corrected chi connectivity index (χ3v) is 3.59. The van der Waals surface area contributed by atoms with E-state index in [2.05, 4.69) is 5.32 Å². The molecule has 2 atom stereocenters. The van der Waals surface area contributed by atoms with Crippen LogP contribution in [0.25, 0.3) is 0 Å². The Morgan fingerprint density at radius 1 is 1.28 bits per heavy atom. The van der Waals surface area contributed by atoms with Crippen molar-refractivity contribution in [3.63, 3.8) is 0 Å². The highest BCUT2D eigenvalue weighted by molar-refractivity contribution is 5.24. The van der Waals surface area contributed by atoms with Crippen molar-refractivity contribution in [3.8, 4) is 0 Å². The van der Waals surface area contributed by atoms with E-state index >= 15 is 0 Å². The van der Waals surface area contributed by atoms with Crippen LogP contribution in [0.15, 0.2) is 12.1 Å². The molecule has 1 heterocycles. The van der Waals surface area contributed by atoms with Crippen LogP contribution in [0.4, 0.5) is 13.2 Å². The fourth-order valence-corrected chi connectivity index (χ4v) is 2.77. The van der Waals surface area contributed by atoms with Crippen molar-refractivity contribution in [3.05, 3.63) is 35.1 Å². The first-order valence-corrected chi connectivity index (χ1v) is 6.04. The van der Waals surface area contributed by atoms with Crippen LogP contribution in [0.3, 0.4) is 0 Å². The summed E-state index contributed by atoms with van der Waals surface area (Å²) in [5.41, 5.74) is 0.506. The number of hydrogen-bond acceptors (Lipinski definition) is 2. The summed E-state index contributed by atoms with van der Waals surface area (Å²) >= 11 is 0. The lowest BCUT2D eigenvalue weighted by atomic mass is 9.93. The minimum atomic E-state index is -1.40. The average molecular weight is 258 g/mol. The molecule has 18 heavy (non-hydrogen) atoms. The molecule has 0 saturated carbocycles. The number of nitrogens with one attached hydrogen (secondary N) is 1. The Labute approximate surface area is 105 Å². The van der Waals surface area contributed by atoms with Gasteiger partial charge in [-0.15, -0.1) is 0 Å². The van der Waals surface area contributed by atoms with E-state index in [0.29, 0.717) is 5.56 Å². The highest BCUT2D eigenvalue weighted by atomic mass is 19.2. The van der Waals surface area contributed by atoms with Gasteiger partial charge in [-0.2, -0.15) is 0 Å². The van der Waals surface area contributed by atoms with E-state index in [4.69, 9.17) is 0 Å². The summed E-state index contributed by atoms with van der Waals surface area (Å²) in [7, 11) is 3.76. The molecule has 0 amide bonds. The number of benzene rings is 1. The van der Waals surface area contributed by atoms with E-state index in [1.165, 1.54) is 0 Å². The predicted octanol–water partition coefficient (Wildman–Crippen LogP) is 2.32. The normalized spacial score (nSPS) is 24.7. The fourth-order valence-electron chi connectivity index (χ4n) is 2.77. The lowest BCUT2D eigenvalue weighted by Gasteiger charge is -2.25. The van der Waals surface area contributed by atoms with Gasteiger partial charge in [-0.3, -0.25) is 4.90 Å². The Morgan fingerprint density at radius 2 is 1.89 bits per heavy atom. The molecule has 1 aliphatic rings. The number of likely N-dealkylation sites (tertiary alicyclic amines) is 1. The molecule has 2 unspecified atom stereocenters. The fraction of sp³-hybridized carbons (Fsp3) is 0.538. The molecule has 0 radical (unpaired) electrons. The Bertz CT molecular complexity index is 411. The van der Waals surface area contributed by atoms with Crippen LogP contribution in [0.5, 0.6) is 0 Å². The van der Waals surface area contributed by atoms with Gasteiger partial charge in [0.05, 0.1) is 0 Å². The molecule has 1 aromatic rings. The molecule has 2 nitrogen and oxygen atoms in total. The van der Waals surface area contributed by atoms with Crippen molar-refractivity contribution in [2.45, 2.75) is 12.5 Å². The molecular formula is C13H17F3N2. The van der Waals surface area contributed by atoms with Crippen LogP contribution in [0.1, 0.15) is 18.0 Å². The second-order valence-electron chi connectivity index (χ2n) is 4.83. The maximum absolute atomic E-state index is 13.3. The van der Waals surface area contributed by atoms with E-state index in [1.54, 1.807) is 0 Å². The van der Waals surface area contributed by atoms with Gasteiger partial charge in [-0.05, 0) is 57.2 Å². The Balaban J connectivity index is 2.34. The lowest BCUT2D eigenvalue weighted by Crippen LogP contribution is -2.27. The SMILES string of the molecule is CNCC1CCN(C)C1c1cc(F)c(F)c(F)c1. The highest BCUT2D eigenvalue weighted by Crippen LogP contribution is 2.36. The van der Waals surface area contributed by atoms with Gasteiger partial charge in [0.25, 0.3) is 0 Å². The van der Waals surface area contributed by atoms with Crippen LogP contribution in [-0.4, -0.2) is 32.1 Å². The Hall–Kier alpha value is -1.07. The topological polar surface area (TPSA) is 15.3 Å². The van der Waals surface area contributed by atoms with Crippen LogP contribution in [0.2, 0.25) is 0 Å². The number of hydrogen-bond donors (Lipinski definition) is 1. The largest absolute Gasteiger partial charge is 0.319 e. The van der Waals surface area contributed by atoms with Crippen LogP contribution >= 0.6 is 0 Å². The van der Waals surface area contributed by atoms with E-state index in [-0.39, 0.29) is 12.0 Å². The summed E-state index contributed by atoms with van der Waals surface area (Å²) < 4.78 is 39.5. The van der Waals surface area contributed by atoms with Gasteiger partial charge in [0.2, 0.25) is 0 Å². The minimum absolute atomic E-state index is 0.0675. The standard InChI is InChI=1S/C13H17F3N2/c1-17-7-8-3-4-18(2)13(8)9-5-10(14)12(16)11(15)6-9/h5-6,8,13,17H,3-4,7H2,1-2H3. The van der Waals surface area contributed by atoms with E-state index in [0.717, 1.165) is 31.6 Å². The van der Waals surface area contributed by atoms with Crippen LogP contribution in [-0.2, 0) is 0 Å². The molecule has 0 spiro atoms. The molecular weight excluding hydrogens is 241 g/mol. The molecule has 1 aliphatic heterocycles. The number of rotatable bonds is 3. The predicted molar refractivity (Wildman–Crippen MR) is 63.7 cm³/mol. The van der Waals surface area contributed by atoms with Gasteiger partial charge in [0.1, 0.15) is 0 Å². The van der Waals surface area contributed by atoms with Gasteiger partial charge < -0.3 is 5.32 Å². The number of nitrogens with zero attached hydrogens (tertiary/aromatic N) is 1. The van der Waals surface area contributed by atoms with Crippen LogP contribution < -0.4 is 5.32 Å². The zero-order valence-electron chi connectivity index (χ0n) is 10.5. The Kier molecular flexibility index (Phi) is 3.92. The third kappa shape index (κ3) is 2.37. The lowest BCUT2D eigenvalue weighted by molar-refractivity contribution is 0.272. The van der Waals surface area contributed by atoms with Gasteiger partial charge in [-0.25, -0.2) is 13.2 Å². The van der Waals surface area contributed by atoms with Crippen molar-refractivity contribution in [1.29, 1.82) is 0 Å². The summed E-state index contributed by atoms with van der Waals surface area (Å²) in [6.07, 6.45) is 0.961. The first-order chi connectivity index (χ1) is 8.54. The summed E-state index contributed by atoms with van der Waals surface area (Å²) in [5, 5.41) is 3.08. The zero-order valence-corrected chi connectivity index (χ0v) is 10.5. The Morgan fingerprint density at radius 3 is 2.44 bits per heavy atom. The van der Waals surface area contributed by atoms with Crippen molar-refractivity contribution >= 4 is 0 Å². The molecule has 5 heteroatoms. The summed E-state index contributed by atoms with van der Waals surface area (Å²) in [6, 6.07) is 2.14. The molecule has 1 aromatic carbocycles. The molecule has 1 fully saturated rings. The molecule has 100 valence electrons. The highest BCUT2D eigenvalue weighted by Gasteiger charge is 2.33. The molecule has 1 N–H and O–H groups in total. The van der Waals surface area contributed by atoms with E-state index in [9.17, 15) is 13.2 Å². The molecule has 0 aliphatic carbocycles. The van der Waals surface area contributed by atoms with Crippen LogP contribution in [0, 0.1) is 23.4 Å². The molecule has 2 rings (SSSR count). The summed E-state index contributed by atoms with van der Waals surface area (Å²) in [5.74, 6) is -3.35. The van der Waals surface area contributed by atoms with E-state index in [1.807, 2.05) is 19.0 Å². The van der Waals surface area contributed by atoms with Crippen molar-refractivity contribution < 1.29 is 13.2 Å². The average Bonchev–Trinajstić information content (AvgIpc) is 2.67. The quantitative estimate of drug-likeness (QED) is 0.837. The third-order valence-electron chi connectivity index (χ3n) is 3.59. The summed E-state index contributed by atoms with van der Waals surface area (Å²) in [6.45, 7) is 1.65. The smallest absolute Gasteiger partial charge is 0.194 e. The second kappa shape index (κ2) is 5.28. The monoisotopic (exact) mass is 258 g/mol. The van der Waals surface area contributed by atoms with Crippen molar-refractivity contribution in [1.82, 2.24) is 10.2 Å². The second-order valence-corrected chi connectivity index (χ2v) is 4.83. The molecule has 1 saturated heterocycles. The van der Waals surface area contributed by atoms with Gasteiger partial charge in [-0.1, -0.05) is 0 Å². The first kappa shape index (κ1) is 13.4. The number of halogens is 3. The van der Waals surface area contributed by atoms with Crippen molar-refractivity contribution in [2.75, 3.05) is 27.2 Å². The van der Waals surface area contributed by atoms with Gasteiger partial charge in [0.15, 0.2) is 17.5 Å². The van der Waals surface area contributed by atoms with Gasteiger partial charge >= 0.3 is 0 Å². The molecule has 0 aromatic heterocycles. The maximum Gasteiger partial charge on any atom is 0.194 e.